The van der Waals surface area contributed by atoms with E-state index in [1.165, 1.54) is 0 Å². The predicted molar refractivity (Wildman–Crippen MR) is 71.8 cm³/mol. The van der Waals surface area contributed by atoms with Crippen LogP contribution in [-0.4, -0.2) is 17.2 Å². The number of nitrogens with one attached hydrogen (secondary N) is 1. The number of rotatable bonds is 2. The van der Waals surface area contributed by atoms with Crippen LogP contribution in [0.1, 0.15) is 5.56 Å². The normalized spacial score (nSPS) is 10.4. The van der Waals surface area contributed by atoms with Crippen molar-refractivity contribution >= 4 is 29.0 Å². The number of aryl methyl sites for hydroxylation is 1. The highest BCUT2D eigenvalue weighted by atomic mass is 35.5. The number of nitrogens with zero attached hydrogens (tertiary/aromatic N) is 2. The maximum Gasteiger partial charge on any atom is 0.151 e. The van der Waals surface area contributed by atoms with Crippen LogP contribution >= 0.6 is 23.2 Å². The molecule has 88 valence electrons. The zero-order valence-electron chi connectivity index (χ0n) is 9.46. The second-order valence-corrected chi connectivity index (χ2v) is 4.48. The molecule has 0 unspecified atom stereocenters. The van der Waals surface area contributed by atoms with Crippen LogP contribution in [0, 0.1) is 6.92 Å². The Balaban J connectivity index is 2.50. The third-order valence-electron chi connectivity index (χ3n) is 2.43. The predicted octanol–water partition coefficient (Wildman–Crippen LogP) is 3.80. The van der Waals surface area contributed by atoms with Gasteiger partial charge in [0.1, 0.15) is 0 Å². The fourth-order valence-electron chi connectivity index (χ4n) is 1.56. The van der Waals surface area contributed by atoms with Gasteiger partial charge < -0.3 is 5.32 Å². The molecule has 1 N–H and O–H groups in total. The SMILES string of the molecule is CNc1nnc(-c2ccc(Cl)cc2Cl)cc1C. The minimum Gasteiger partial charge on any atom is -0.371 e. The van der Waals surface area contributed by atoms with Gasteiger partial charge in [-0.15, -0.1) is 10.2 Å². The van der Waals surface area contributed by atoms with E-state index in [0.717, 1.165) is 22.6 Å². The van der Waals surface area contributed by atoms with Crippen molar-refractivity contribution in [3.8, 4) is 11.3 Å². The van der Waals surface area contributed by atoms with Gasteiger partial charge in [-0.25, -0.2) is 0 Å². The summed E-state index contributed by atoms with van der Waals surface area (Å²) < 4.78 is 0. The molecule has 0 fully saturated rings. The summed E-state index contributed by atoms with van der Waals surface area (Å²) in [6.45, 7) is 1.97. The Morgan fingerprint density at radius 3 is 2.47 bits per heavy atom. The number of halogens is 2. The van der Waals surface area contributed by atoms with Gasteiger partial charge in [-0.1, -0.05) is 23.2 Å². The molecule has 0 aliphatic carbocycles. The van der Waals surface area contributed by atoms with Gasteiger partial charge in [0.25, 0.3) is 0 Å². The van der Waals surface area contributed by atoms with Crippen molar-refractivity contribution in [2.24, 2.45) is 0 Å². The third-order valence-corrected chi connectivity index (χ3v) is 2.98. The van der Waals surface area contributed by atoms with E-state index in [2.05, 4.69) is 15.5 Å². The zero-order valence-corrected chi connectivity index (χ0v) is 11.0. The first-order chi connectivity index (χ1) is 8.11. The first-order valence-electron chi connectivity index (χ1n) is 5.09. The van der Waals surface area contributed by atoms with Gasteiger partial charge in [-0.2, -0.15) is 0 Å². The summed E-state index contributed by atoms with van der Waals surface area (Å²) in [4.78, 5) is 0. The van der Waals surface area contributed by atoms with Crippen LogP contribution in [0.4, 0.5) is 5.82 Å². The van der Waals surface area contributed by atoms with Gasteiger partial charge in [0.05, 0.1) is 10.7 Å². The largest absolute Gasteiger partial charge is 0.371 e. The fourth-order valence-corrected chi connectivity index (χ4v) is 2.07. The molecule has 0 bridgehead atoms. The molecule has 2 rings (SSSR count). The quantitative estimate of drug-likeness (QED) is 0.900. The summed E-state index contributed by atoms with van der Waals surface area (Å²) in [6.07, 6.45) is 0. The number of anilines is 1. The van der Waals surface area contributed by atoms with E-state index in [0.29, 0.717) is 10.0 Å². The Morgan fingerprint density at radius 2 is 1.88 bits per heavy atom. The topological polar surface area (TPSA) is 37.8 Å². The van der Waals surface area contributed by atoms with Gasteiger partial charge in [0, 0.05) is 17.6 Å². The average molecular weight is 268 g/mol. The Labute approximate surface area is 110 Å². The fraction of sp³-hybridized carbons (Fsp3) is 0.167. The van der Waals surface area contributed by atoms with Crippen molar-refractivity contribution < 1.29 is 0 Å². The van der Waals surface area contributed by atoms with Crippen molar-refractivity contribution in [2.45, 2.75) is 6.92 Å². The lowest BCUT2D eigenvalue weighted by atomic mass is 10.1. The highest BCUT2D eigenvalue weighted by molar-refractivity contribution is 6.36. The molecule has 0 atom stereocenters. The molecule has 1 aromatic heterocycles. The van der Waals surface area contributed by atoms with E-state index in [1.54, 1.807) is 12.1 Å². The monoisotopic (exact) mass is 267 g/mol. The molecule has 17 heavy (non-hydrogen) atoms. The first kappa shape index (κ1) is 12.1. The van der Waals surface area contributed by atoms with E-state index in [4.69, 9.17) is 23.2 Å². The second kappa shape index (κ2) is 4.90. The van der Waals surface area contributed by atoms with Gasteiger partial charge in [0.2, 0.25) is 0 Å². The van der Waals surface area contributed by atoms with Crippen molar-refractivity contribution in [1.29, 1.82) is 0 Å². The summed E-state index contributed by atoms with van der Waals surface area (Å²) in [5, 5.41) is 12.4. The number of hydrogen-bond acceptors (Lipinski definition) is 3. The van der Waals surface area contributed by atoms with Gasteiger partial charge >= 0.3 is 0 Å². The van der Waals surface area contributed by atoms with Gasteiger partial charge in [0.15, 0.2) is 5.82 Å². The maximum absolute atomic E-state index is 6.12. The third kappa shape index (κ3) is 2.51. The number of benzene rings is 1. The van der Waals surface area contributed by atoms with E-state index in [1.807, 2.05) is 26.1 Å². The zero-order chi connectivity index (χ0) is 12.4. The molecule has 1 aromatic carbocycles. The van der Waals surface area contributed by atoms with Crippen molar-refractivity contribution in [2.75, 3.05) is 12.4 Å². The molecule has 0 radical (unpaired) electrons. The van der Waals surface area contributed by atoms with Crippen LogP contribution in [-0.2, 0) is 0 Å². The molecule has 0 aliphatic rings. The summed E-state index contributed by atoms with van der Waals surface area (Å²) >= 11 is 12.0. The standard InChI is InChI=1S/C12H11Cl2N3/c1-7-5-11(16-17-12(7)15-2)9-4-3-8(13)6-10(9)14/h3-6H,1-2H3,(H,15,17). The highest BCUT2D eigenvalue weighted by Crippen LogP contribution is 2.29. The Kier molecular flexibility index (Phi) is 3.50. The van der Waals surface area contributed by atoms with Crippen LogP contribution in [0.25, 0.3) is 11.3 Å². The van der Waals surface area contributed by atoms with E-state index in [-0.39, 0.29) is 0 Å². The minimum atomic E-state index is 0.573. The Hall–Kier alpha value is -1.32. The van der Waals surface area contributed by atoms with Crippen LogP contribution in [0.3, 0.4) is 0 Å². The summed E-state index contributed by atoms with van der Waals surface area (Å²) in [6, 6.07) is 7.26. The Morgan fingerprint density at radius 1 is 1.12 bits per heavy atom. The van der Waals surface area contributed by atoms with Gasteiger partial charge in [-0.3, -0.25) is 0 Å². The summed E-state index contributed by atoms with van der Waals surface area (Å²) in [7, 11) is 1.81. The average Bonchev–Trinajstić information content (AvgIpc) is 2.29. The first-order valence-corrected chi connectivity index (χ1v) is 5.85. The molecular weight excluding hydrogens is 257 g/mol. The lowest BCUT2D eigenvalue weighted by molar-refractivity contribution is 1.02. The minimum absolute atomic E-state index is 0.573. The molecule has 0 saturated carbocycles. The van der Waals surface area contributed by atoms with E-state index in [9.17, 15) is 0 Å². The summed E-state index contributed by atoms with van der Waals surface area (Å²) in [5.41, 5.74) is 2.58. The van der Waals surface area contributed by atoms with Crippen LogP contribution in [0.5, 0.6) is 0 Å². The molecule has 0 amide bonds. The van der Waals surface area contributed by atoms with Crippen molar-refractivity contribution in [1.82, 2.24) is 10.2 Å². The molecule has 0 spiro atoms. The summed E-state index contributed by atoms with van der Waals surface area (Å²) in [5.74, 6) is 0.763. The molecular formula is C12H11Cl2N3. The number of hydrogen-bond donors (Lipinski definition) is 1. The van der Waals surface area contributed by atoms with E-state index >= 15 is 0 Å². The van der Waals surface area contributed by atoms with E-state index < -0.39 is 0 Å². The lowest BCUT2D eigenvalue weighted by Gasteiger charge is -2.07. The molecule has 2 aromatic rings. The molecule has 1 heterocycles. The van der Waals surface area contributed by atoms with Crippen LogP contribution < -0.4 is 5.32 Å². The van der Waals surface area contributed by atoms with Crippen molar-refractivity contribution in [3.63, 3.8) is 0 Å². The molecule has 0 saturated heterocycles. The lowest BCUT2D eigenvalue weighted by Crippen LogP contribution is -1.99. The second-order valence-electron chi connectivity index (χ2n) is 3.64. The van der Waals surface area contributed by atoms with Crippen LogP contribution in [0.2, 0.25) is 10.0 Å². The molecule has 0 aliphatic heterocycles. The van der Waals surface area contributed by atoms with Crippen LogP contribution in [0.15, 0.2) is 24.3 Å². The van der Waals surface area contributed by atoms with Crippen molar-refractivity contribution in [3.05, 3.63) is 39.9 Å². The smallest absolute Gasteiger partial charge is 0.151 e. The maximum atomic E-state index is 6.12. The molecule has 3 nitrogen and oxygen atoms in total. The molecule has 5 heteroatoms. The Bertz CT molecular complexity index is 555. The highest BCUT2D eigenvalue weighted by Gasteiger charge is 2.08. The van der Waals surface area contributed by atoms with Gasteiger partial charge in [-0.05, 0) is 36.8 Å². The number of aromatic nitrogens is 2.